The van der Waals surface area contributed by atoms with Crippen molar-refractivity contribution in [2.75, 3.05) is 19.7 Å². The summed E-state index contributed by atoms with van der Waals surface area (Å²) in [4.78, 5) is 0. The topological polar surface area (TPSA) is 30.5 Å². The molecule has 0 amide bonds. The second-order valence-electron chi connectivity index (χ2n) is 5.95. The lowest BCUT2D eigenvalue weighted by molar-refractivity contribution is 0.0188. The van der Waals surface area contributed by atoms with E-state index in [1.54, 1.807) is 0 Å². The molecule has 0 saturated carbocycles. The molecule has 3 unspecified atom stereocenters. The number of hydrogen-bond donors (Lipinski definition) is 1. The van der Waals surface area contributed by atoms with E-state index in [9.17, 15) is 0 Å². The minimum Gasteiger partial charge on any atom is -0.491 e. The molecule has 2 rings (SSSR count). The van der Waals surface area contributed by atoms with Crippen LogP contribution in [0, 0.1) is 0 Å². The molecule has 0 radical (unpaired) electrons. The zero-order chi connectivity index (χ0) is 15.1. The largest absolute Gasteiger partial charge is 0.491 e. The Morgan fingerprint density at radius 2 is 1.90 bits per heavy atom. The molecule has 0 bridgehead atoms. The second kappa shape index (κ2) is 8.40. The van der Waals surface area contributed by atoms with E-state index in [2.05, 4.69) is 50.4 Å². The van der Waals surface area contributed by atoms with Crippen LogP contribution in [0.3, 0.4) is 0 Å². The number of hydrogen-bond acceptors (Lipinski definition) is 3. The van der Waals surface area contributed by atoms with Crippen molar-refractivity contribution in [3.63, 3.8) is 0 Å². The second-order valence-corrected chi connectivity index (χ2v) is 5.95. The maximum absolute atomic E-state index is 5.98. The Hall–Kier alpha value is -1.06. The van der Waals surface area contributed by atoms with E-state index in [0.717, 1.165) is 31.7 Å². The molecule has 0 spiro atoms. The van der Waals surface area contributed by atoms with Gasteiger partial charge in [0.25, 0.3) is 0 Å². The fourth-order valence-electron chi connectivity index (χ4n) is 2.68. The summed E-state index contributed by atoms with van der Waals surface area (Å²) in [5, 5.41) is 3.34. The first-order chi connectivity index (χ1) is 10.2. The van der Waals surface area contributed by atoms with Gasteiger partial charge >= 0.3 is 0 Å². The van der Waals surface area contributed by atoms with Crippen LogP contribution < -0.4 is 10.1 Å². The van der Waals surface area contributed by atoms with E-state index >= 15 is 0 Å². The molecule has 0 aromatic heterocycles. The fraction of sp³-hybridized carbons (Fsp3) is 0.667. The minimum atomic E-state index is 0.239. The molecule has 21 heavy (non-hydrogen) atoms. The highest BCUT2D eigenvalue weighted by Gasteiger charge is 2.25. The van der Waals surface area contributed by atoms with E-state index in [-0.39, 0.29) is 6.10 Å². The first kappa shape index (κ1) is 16.3. The van der Waals surface area contributed by atoms with E-state index in [1.165, 1.54) is 12.0 Å². The molecule has 1 heterocycles. The third kappa shape index (κ3) is 5.01. The van der Waals surface area contributed by atoms with Crippen LogP contribution in [0.25, 0.3) is 0 Å². The smallest absolute Gasteiger partial charge is 0.119 e. The molecule has 1 N–H and O–H groups in total. The van der Waals surface area contributed by atoms with Gasteiger partial charge in [0.2, 0.25) is 0 Å². The normalized spacial score (nSPS) is 23.2. The molecule has 1 saturated heterocycles. The van der Waals surface area contributed by atoms with Crippen molar-refractivity contribution in [2.24, 2.45) is 0 Å². The lowest BCUT2D eigenvalue weighted by Gasteiger charge is -2.15. The van der Waals surface area contributed by atoms with E-state index < -0.39 is 0 Å². The predicted molar refractivity (Wildman–Crippen MR) is 87.1 cm³/mol. The van der Waals surface area contributed by atoms with Gasteiger partial charge in [-0.05, 0) is 49.4 Å². The highest BCUT2D eigenvalue weighted by Crippen LogP contribution is 2.23. The monoisotopic (exact) mass is 291 g/mol. The Balaban J connectivity index is 1.73. The van der Waals surface area contributed by atoms with Crippen LogP contribution in [0.2, 0.25) is 0 Å². The summed E-state index contributed by atoms with van der Waals surface area (Å²) in [6.45, 7) is 9.22. The lowest BCUT2D eigenvalue weighted by Crippen LogP contribution is -2.28. The van der Waals surface area contributed by atoms with Gasteiger partial charge in [0.05, 0.1) is 12.2 Å². The fourth-order valence-corrected chi connectivity index (χ4v) is 2.68. The molecule has 1 aliphatic heterocycles. The molecule has 3 heteroatoms. The van der Waals surface area contributed by atoms with Crippen molar-refractivity contribution < 1.29 is 9.47 Å². The van der Waals surface area contributed by atoms with E-state index in [1.807, 2.05) is 0 Å². The first-order valence-electron chi connectivity index (χ1n) is 8.31. The van der Waals surface area contributed by atoms with Gasteiger partial charge in [0.15, 0.2) is 0 Å². The molecular formula is C18H29NO2. The zero-order valence-electron chi connectivity index (χ0n) is 13.6. The molecule has 0 aliphatic carbocycles. The third-order valence-corrected chi connectivity index (χ3v) is 4.31. The molecule has 3 atom stereocenters. The van der Waals surface area contributed by atoms with E-state index in [4.69, 9.17) is 9.47 Å². The highest BCUT2D eigenvalue weighted by molar-refractivity contribution is 5.29. The maximum atomic E-state index is 5.98. The standard InChI is InChI=1S/C18H29NO2/c1-4-14(3)15-6-8-16(9-7-15)20-13-18-11-10-17(21-18)12-19-5-2/h6-9,14,17-19H,4-5,10-13H2,1-3H3. The van der Waals surface area contributed by atoms with Crippen LogP contribution in [0.15, 0.2) is 24.3 Å². The van der Waals surface area contributed by atoms with Gasteiger partial charge in [-0.2, -0.15) is 0 Å². The zero-order valence-corrected chi connectivity index (χ0v) is 13.6. The van der Waals surface area contributed by atoms with Crippen molar-refractivity contribution in [2.45, 2.75) is 58.2 Å². The summed E-state index contributed by atoms with van der Waals surface area (Å²) in [5.74, 6) is 1.56. The number of benzene rings is 1. The average Bonchev–Trinajstić information content (AvgIpc) is 2.98. The summed E-state index contributed by atoms with van der Waals surface area (Å²) in [7, 11) is 0. The summed E-state index contributed by atoms with van der Waals surface area (Å²) >= 11 is 0. The lowest BCUT2D eigenvalue weighted by atomic mass is 9.99. The van der Waals surface area contributed by atoms with Gasteiger partial charge in [-0.15, -0.1) is 0 Å². The number of rotatable bonds is 8. The maximum Gasteiger partial charge on any atom is 0.119 e. The molecule has 1 aliphatic rings. The van der Waals surface area contributed by atoms with Crippen molar-refractivity contribution >= 4 is 0 Å². The van der Waals surface area contributed by atoms with Crippen molar-refractivity contribution in [1.29, 1.82) is 0 Å². The number of ether oxygens (including phenoxy) is 2. The van der Waals surface area contributed by atoms with Crippen LogP contribution >= 0.6 is 0 Å². The average molecular weight is 291 g/mol. The van der Waals surface area contributed by atoms with Crippen LogP contribution in [0.1, 0.15) is 51.5 Å². The Kier molecular flexibility index (Phi) is 6.52. The summed E-state index contributed by atoms with van der Waals surface area (Å²) in [5.41, 5.74) is 1.38. The van der Waals surface area contributed by atoms with Gasteiger partial charge in [0, 0.05) is 6.54 Å². The van der Waals surface area contributed by atoms with Crippen LogP contribution in [0.5, 0.6) is 5.75 Å². The Morgan fingerprint density at radius 3 is 2.57 bits per heavy atom. The molecule has 3 nitrogen and oxygen atoms in total. The Morgan fingerprint density at radius 1 is 1.19 bits per heavy atom. The molecule has 118 valence electrons. The number of nitrogens with one attached hydrogen (secondary N) is 1. The predicted octanol–water partition coefficient (Wildman–Crippen LogP) is 3.74. The van der Waals surface area contributed by atoms with Crippen LogP contribution in [-0.4, -0.2) is 31.9 Å². The third-order valence-electron chi connectivity index (χ3n) is 4.31. The van der Waals surface area contributed by atoms with Gasteiger partial charge in [0.1, 0.15) is 12.4 Å². The van der Waals surface area contributed by atoms with Gasteiger partial charge in [-0.3, -0.25) is 0 Å². The van der Waals surface area contributed by atoms with Gasteiger partial charge in [-0.25, -0.2) is 0 Å². The SMILES string of the molecule is CCNCC1CCC(COc2ccc(C(C)CC)cc2)O1. The summed E-state index contributed by atoms with van der Waals surface area (Å²) < 4.78 is 11.8. The quantitative estimate of drug-likeness (QED) is 0.791. The van der Waals surface area contributed by atoms with Gasteiger partial charge < -0.3 is 14.8 Å². The highest BCUT2D eigenvalue weighted by atomic mass is 16.5. The van der Waals surface area contributed by atoms with Crippen LogP contribution in [-0.2, 0) is 4.74 Å². The van der Waals surface area contributed by atoms with Crippen LogP contribution in [0.4, 0.5) is 0 Å². The van der Waals surface area contributed by atoms with Crippen molar-refractivity contribution in [3.8, 4) is 5.75 Å². The molecule has 1 aromatic rings. The van der Waals surface area contributed by atoms with Crippen molar-refractivity contribution in [3.05, 3.63) is 29.8 Å². The first-order valence-corrected chi connectivity index (χ1v) is 8.31. The molecule has 1 fully saturated rings. The molecular weight excluding hydrogens is 262 g/mol. The number of likely N-dealkylation sites (N-methyl/N-ethyl adjacent to an activating group) is 1. The minimum absolute atomic E-state index is 0.239. The summed E-state index contributed by atoms with van der Waals surface area (Å²) in [6.07, 6.45) is 3.99. The van der Waals surface area contributed by atoms with Gasteiger partial charge in [-0.1, -0.05) is 32.9 Å². The van der Waals surface area contributed by atoms with Crippen molar-refractivity contribution in [1.82, 2.24) is 5.32 Å². The van der Waals surface area contributed by atoms with E-state index in [0.29, 0.717) is 18.6 Å². The Bertz CT molecular complexity index is 404. The Labute approximate surface area is 129 Å². The molecule has 1 aromatic carbocycles. The summed E-state index contributed by atoms with van der Waals surface area (Å²) in [6, 6.07) is 8.50.